The first-order chi connectivity index (χ1) is 14.9. The van der Waals surface area contributed by atoms with Gasteiger partial charge in [0.05, 0.1) is 10.5 Å². The number of halogens is 1. The van der Waals surface area contributed by atoms with Crippen molar-refractivity contribution in [2.45, 2.75) is 56.8 Å². The number of aryl methyl sites for hydroxylation is 1. The Hall–Kier alpha value is -2.16. The number of rotatable bonds is 5. The van der Waals surface area contributed by atoms with Crippen molar-refractivity contribution >= 4 is 30.1 Å². The molecular formula is C23H29ClN2O5S. The number of esters is 1. The summed E-state index contributed by atoms with van der Waals surface area (Å²) < 4.78 is 17.7. The number of benzene rings is 1. The van der Waals surface area contributed by atoms with E-state index < -0.39 is 11.5 Å². The lowest BCUT2D eigenvalue weighted by molar-refractivity contribution is -0.0203. The number of ether oxygens (including phenoxy) is 3. The first-order valence-electron chi connectivity index (χ1n) is 10.6. The molecule has 9 heteroatoms. The Morgan fingerprint density at radius 2 is 1.91 bits per heavy atom. The molecule has 174 valence electrons. The number of thioether (sulfide) groups is 1. The number of aromatic amines is 1. The van der Waals surface area contributed by atoms with Gasteiger partial charge in [-0.05, 0) is 71.0 Å². The first-order valence-corrected chi connectivity index (χ1v) is 11.8. The molecule has 1 unspecified atom stereocenters. The van der Waals surface area contributed by atoms with Crippen LogP contribution in [0.5, 0.6) is 17.2 Å². The normalized spacial score (nSPS) is 21.7. The molecule has 4 rings (SSSR count). The van der Waals surface area contributed by atoms with E-state index in [4.69, 9.17) is 14.2 Å². The summed E-state index contributed by atoms with van der Waals surface area (Å²) >= 11 is 1.36. The van der Waals surface area contributed by atoms with Crippen molar-refractivity contribution in [3.8, 4) is 17.2 Å². The van der Waals surface area contributed by atoms with E-state index in [1.54, 1.807) is 25.1 Å². The Morgan fingerprint density at radius 3 is 2.56 bits per heavy atom. The monoisotopic (exact) mass is 480 g/mol. The molecule has 2 heterocycles. The van der Waals surface area contributed by atoms with Gasteiger partial charge in [-0.15, -0.1) is 24.2 Å². The zero-order valence-electron chi connectivity index (χ0n) is 18.7. The number of H-pyrrole nitrogens is 1. The van der Waals surface area contributed by atoms with Gasteiger partial charge < -0.3 is 24.5 Å². The van der Waals surface area contributed by atoms with E-state index in [0.29, 0.717) is 45.2 Å². The third-order valence-corrected chi connectivity index (χ3v) is 6.88. The van der Waals surface area contributed by atoms with Crippen molar-refractivity contribution in [1.29, 1.82) is 0 Å². The van der Waals surface area contributed by atoms with Gasteiger partial charge in [0.15, 0.2) is 11.5 Å². The molecule has 2 aromatic rings. The van der Waals surface area contributed by atoms with Crippen LogP contribution in [0.3, 0.4) is 0 Å². The van der Waals surface area contributed by atoms with Crippen molar-refractivity contribution in [2.24, 2.45) is 5.92 Å². The molecule has 32 heavy (non-hydrogen) atoms. The topological polar surface area (TPSA) is 89.7 Å². The average molecular weight is 481 g/mol. The highest BCUT2D eigenvalue weighted by Gasteiger charge is 2.36. The molecule has 0 bridgehead atoms. The third-order valence-electron chi connectivity index (χ3n) is 6.13. The van der Waals surface area contributed by atoms with Crippen LogP contribution in [0.25, 0.3) is 0 Å². The zero-order valence-corrected chi connectivity index (χ0v) is 20.3. The summed E-state index contributed by atoms with van der Waals surface area (Å²) in [5.41, 5.74) is 1.30. The van der Waals surface area contributed by atoms with E-state index >= 15 is 0 Å². The number of fused-ring (bicyclic) bond motifs is 1. The summed E-state index contributed by atoms with van der Waals surface area (Å²) in [5.74, 6) is 0.971. The molecule has 0 spiro atoms. The highest BCUT2D eigenvalue weighted by molar-refractivity contribution is 7.98. The van der Waals surface area contributed by atoms with Crippen LogP contribution in [0.4, 0.5) is 0 Å². The van der Waals surface area contributed by atoms with E-state index in [1.165, 1.54) is 11.8 Å². The number of carbonyl (C=O) groups is 1. The lowest BCUT2D eigenvalue weighted by Gasteiger charge is -2.30. The van der Waals surface area contributed by atoms with Gasteiger partial charge in [0.2, 0.25) is 12.0 Å². The second-order valence-electron chi connectivity index (χ2n) is 8.14. The Kier molecular flexibility index (Phi) is 7.79. The first kappa shape index (κ1) is 24.5. The SMILES string of the molecule is CN[C@H]1CC[C@H](C2Oc3ccc(C(=O)Oc4c(SC)cc(C)[nH]c4=O)c(C)c3O2)CC1.Cl. The van der Waals surface area contributed by atoms with Crippen molar-refractivity contribution in [1.82, 2.24) is 10.3 Å². The Balaban J connectivity index is 0.00000289. The van der Waals surface area contributed by atoms with Gasteiger partial charge in [0.1, 0.15) is 0 Å². The second-order valence-corrected chi connectivity index (χ2v) is 8.99. The lowest BCUT2D eigenvalue weighted by Crippen LogP contribution is -2.37. The van der Waals surface area contributed by atoms with Gasteiger partial charge in [-0.1, -0.05) is 0 Å². The fraction of sp³-hybridized carbons (Fsp3) is 0.478. The van der Waals surface area contributed by atoms with Crippen LogP contribution < -0.4 is 25.1 Å². The smallest absolute Gasteiger partial charge is 0.344 e. The summed E-state index contributed by atoms with van der Waals surface area (Å²) in [5, 5.41) is 3.34. The minimum Gasteiger partial charge on any atom is -0.451 e. The molecule has 1 aliphatic heterocycles. The second kappa shape index (κ2) is 10.2. The van der Waals surface area contributed by atoms with E-state index in [1.807, 2.05) is 20.2 Å². The fourth-order valence-electron chi connectivity index (χ4n) is 4.31. The lowest BCUT2D eigenvalue weighted by atomic mass is 9.85. The summed E-state index contributed by atoms with van der Waals surface area (Å²) in [6, 6.07) is 5.75. The van der Waals surface area contributed by atoms with Crippen molar-refractivity contribution in [3.05, 3.63) is 45.4 Å². The molecule has 0 amide bonds. The predicted octanol–water partition coefficient (Wildman–Crippen LogP) is 4.23. The molecule has 1 aromatic carbocycles. The summed E-state index contributed by atoms with van der Waals surface area (Å²) in [4.78, 5) is 28.5. The Labute approximate surface area is 198 Å². The Bertz CT molecular complexity index is 1050. The van der Waals surface area contributed by atoms with E-state index in [-0.39, 0.29) is 24.4 Å². The molecule has 1 atom stereocenters. The molecule has 1 fully saturated rings. The van der Waals surface area contributed by atoms with E-state index in [9.17, 15) is 9.59 Å². The maximum Gasteiger partial charge on any atom is 0.344 e. The number of carbonyl (C=O) groups excluding carboxylic acids is 1. The van der Waals surface area contributed by atoms with Crippen LogP contribution >= 0.6 is 24.2 Å². The van der Waals surface area contributed by atoms with Crippen LogP contribution in [0.2, 0.25) is 0 Å². The van der Waals surface area contributed by atoms with Crippen molar-refractivity contribution in [3.63, 3.8) is 0 Å². The van der Waals surface area contributed by atoms with Gasteiger partial charge in [-0.2, -0.15) is 0 Å². The number of pyridine rings is 1. The largest absolute Gasteiger partial charge is 0.451 e. The van der Waals surface area contributed by atoms with Crippen LogP contribution in [0.1, 0.15) is 47.3 Å². The standard InChI is InChI=1S/C23H28N2O5S.ClH/c1-12-11-18(31-4)20(21(26)25-12)29-22(27)16-9-10-17-19(13(16)2)30-23(28-17)14-5-7-15(24-3)8-6-14;/h9-11,14-15,23-24H,5-8H2,1-4H3,(H,25,26);1H/t14-,15-,23?;. The van der Waals surface area contributed by atoms with E-state index in [0.717, 1.165) is 25.7 Å². The summed E-state index contributed by atoms with van der Waals surface area (Å²) in [6.07, 6.45) is 5.76. The van der Waals surface area contributed by atoms with Gasteiger partial charge in [0.25, 0.3) is 5.56 Å². The minimum atomic E-state index is -0.591. The summed E-state index contributed by atoms with van der Waals surface area (Å²) in [7, 11) is 2.00. The molecular weight excluding hydrogens is 452 g/mol. The molecule has 0 saturated heterocycles. The maximum absolute atomic E-state index is 12.9. The van der Waals surface area contributed by atoms with Crippen molar-refractivity contribution in [2.75, 3.05) is 13.3 Å². The number of hydrogen-bond acceptors (Lipinski definition) is 7. The van der Waals surface area contributed by atoms with Gasteiger partial charge >= 0.3 is 5.97 Å². The quantitative estimate of drug-likeness (QED) is 0.489. The molecule has 1 aliphatic carbocycles. The van der Waals surface area contributed by atoms with Crippen LogP contribution in [0, 0.1) is 19.8 Å². The number of aromatic nitrogens is 1. The summed E-state index contributed by atoms with van der Waals surface area (Å²) in [6.45, 7) is 3.60. The van der Waals surface area contributed by atoms with Crippen LogP contribution in [0.15, 0.2) is 27.9 Å². The van der Waals surface area contributed by atoms with Crippen molar-refractivity contribution < 1.29 is 19.0 Å². The third kappa shape index (κ3) is 4.77. The van der Waals surface area contributed by atoms with Gasteiger partial charge in [-0.25, -0.2) is 4.79 Å². The molecule has 7 nitrogen and oxygen atoms in total. The molecule has 1 aromatic heterocycles. The highest BCUT2D eigenvalue weighted by Crippen LogP contribution is 2.43. The maximum atomic E-state index is 12.9. The highest BCUT2D eigenvalue weighted by atomic mass is 35.5. The van der Waals surface area contributed by atoms with Crippen LogP contribution in [-0.4, -0.2) is 36.6 Å². The number of nitrogens with one attached hydrogen (secondary N) is 2. The molecule has 0 radical (unpaired) electrons. The number of hydrogen-bond donors (Lipinski definition) is 2. The molecule has 2 N–H and O–H groups in total. The van der Waals surface area contributed by atoms with Gasteiger partial charge in [0, 0.05) is 23.2 Å². The minimum absolute atomic E-state index is 0. The average Bonchev–Trinajstić information content (AvgIpc) is 3.21. The fourth-order valence-corrected chi connectivity index (χ4v) is 4.92. The van der Waals surface area contributed by atoms with E-state index in [2.05, 4.69) is 10.3 Å². The molecule has 1 saturated carbocycles. The van der Waals surface area contributed by atoms with Gasteiger partial charge in [-0.3, -0.25) is 4.79 Å². The predicted molar refractivity (Wildman–Crippen MR) is 127 cm³/mol. The zero-order chi connectivity index (χ0) is 22.1. The van der Waals surface area contributed by atoms with Crippen LogP contribution in [-0.2, 0) is 0 Å². The Morgan fingerprint density at radius 1 is 1.19 bits per heavy atom. The molecule has 2 aliphatic rings.